The molecule has 0 aliphatic carbocycles. The summed E-state index contributed by atoms with van der Waals surface area (Å²) in [6.07, 6.45) is 0. The Balaban J connectivity index is 3.94. The predicted molar refractivity (Wildman–Crippen MR) is 68.0 cm³/mol. The highest BCUT2D eigenvalue weighted by atomic mass is 32.1. The molecule has 4 N–H and O–H groups in total. The summed E-state index contributed by atoms with van der Waals surface area (Å²) in [4.78, 5) is 11.1. The van der Waals surface area contributed by atoms with Crippen LogP contribution in [0.4, 0.5) is 0 Å². The quantitative estimate of drug-likeness (QED) is 0.576. The summed E-state index contributed by atoms with van der Waals surface area (Å²) in [5.74, 6) is -0.354. The second-order valence-corrected chi connectivity index (χ2v) is 4.84. The first-order valence-electron chi connectivity index (χ1n) is 5.13. The van der Waals surface area contributed by atoms with E-state index in [-0.39, 0.29) is 11.9 Å². The molecule has 0 spiro atoms. The Morgan fingerprint density at radius 1 is 1.56 bits per heavy atom. The highest BCUT2D eigenvalue weighted by molar-refractivity contribution is 7.80. The second kappa shape index (κ2) is 6.65. The smallest absolute Gasteiger partial charge is 0.224 e. The lowest BCUT2D eigenvalue weighted by Gasteiger charge is -2.23. The van der Waals surface area contributed by atoms with Gasteiger partial charge in [-0.25, -0.2) is 0 Å². The molecule has 0 saturated heterocycles. The third-order valence-electron chi connectivity index (χ3n) is 2.15. The van der Waals surface area contributed by atoms with Gasteiger partial charge in [-0.3, -0.25) is 4.79 Å². The van der Waals surface area contributed by atoms with Crippen molar-refractivity contribution in [2.24, 2.45) is 11.1 Å². The highest BCUT2D eigenvalue weighted by Crippen LogP contribution is 2.11. The van der Waals surface area contributed by atoms with Crippen LogP contribution < -0.4 is 16.4 Å². The van der Waals surface area contributed by atoms with Gasteiger partial charge in [-0.05, 0) is 33.0 Å². The van der Waals surface area contributed by atoms with Crippen molar-refractivity contribution in [3.8, 4) is 0 Å². The first-order valence-corrected chi connectivity index (χ1v) is 5.53. The second-order valence-electron chi connectivity index (χ2n) is 4.43. The van der Waals surface area contributed by atoms with E-state index in [2.05, 4.69) is 10.6 Å². The van der Waals surface area contributed by atoms with Crippen LogP contribution >= 0.6 is 12.2 Å². The van der Waals surface area contributed by atoms with E-state index in [9.17, 15) is 4.79 Å². The van der Waals surface area contributed by atoms with Gasteiger partial charge in [0.15, 0.2) is 5.11 Å². The van der Waals surface area contributed by atoms with Crippen LogP contribution in [0.3, 0.4) is 0 Å². The molecule has 0 heterocycles. The van der Waals surface area contributed by atoms with Crippen molar-refractivity contribution in [2.45, 2.75) is 26.8 Å². The van der Waals surface area contributed by atoms with E-state index in [1.807, 2.05) is 6.92 Å². The van der Waals surface area contributed by atoms with E-state index in [4.69, 9.17) is 22.7 Å². The minimum atomic E-state index is -0.615. The SMILES string of the molecule is COCC(C)NC(=S)NCC(C)(C)C(N)=O. The molecule has 1 unspecified atom stereocenters. The van der Waals surface area contributed by atoms with E-state index in [0.717, 1.165) is 0 Å². The van der Waals surface area contributed by atoms with Gasteiger partial charge < -0.3 is 21.1 Å². The number of thiocarbonyl (C=S) groups is 1. The van der Waals surface area contributed by atoms with Gasteiger partial charge in [-0.1, -0.05) is 0 Å². The summed E-state index contributed by atoms with van der Waals surface area (Å²) in [5.41, 5.74) is 4.63. The molecule has 16 heavy (non-hydrogen) atoms. The molecule has 0 bridgehead atoms. The lowest BCUT2D eigenvalue weighted by molar-refractivity contribution is -0.125. The van der Waals surface area contributed by atoms with Crippen LogP contribution in [0.15, 0.2) is 0 Å². The van der Waals surface area contributed by atoms with Gasteiger partial charge in [-0.15, -0.1) is 0 Å². The molecule has 0 aromatic heterocycles. The molecular weight excluding hydrogens is 226 g/mol. The van der Waals surface area contributed by atoms with Crippen molar-refractivity contribution in [3.63, 3.8) is 0 Å². The molecule has 6 heteroatoms. The number of rotatable bonds is 6. The van der Waals surface area contributed by atoms with Crippen molar-refractivity contribution in [1.82, 2.24) is 10.6 Å². The minimum Gasteiger partial charge on any atom is -0.383 e. The lowest BCUT2D eigenvalue weighted by atomic mass is 9.93. The van der Waals surface area contributed by atoms with Crippen LogP contribution in [0.5, 0.6) is 0 Å². The topological polar surface area (TPSA) is 76.4 Å². The molecule has 0 fully saturated rings. The number of carbonyl (C=O) groups is 1. The summed E-state index contributed by atoms with van der Waals surface area (Å²) in [6.45, 7) is 6.47. The number of ether oxygens (including phenoxy) is 1. The highest BCUT2D eigenvalue weighted by Gasteiger charge is 2.24. The number of methoxy groups -OCH3 is 1. The van der Waals surface area contributed by atoms with Gasteiger partial charge in [0.2, 0.25) is 5.91 Å². The van der Waals surface area contributed by atoms with E-state index < -0.39 is 5.41 Å². The third-order valence-corrected chi connectivity index (χ3v) is 2.41. The van der Waals surface area contributed by atoms with Gasteiger partial charge in [0.05, 0.1) is 12.0 Å². The molecule has 0 aromatic rings. The number of amides is 1. The Bertz CT molecular complexity index is 256. The average Bonchev–Trinajstić information content (AvgIpc) is 2.15. The summed E-state index contributed by atoms with van der Waals surface area (Å²) < 4.78 is 4.96. The molecule has 1 atom stereocenters. The van der Waals surface area contributed by atoms with Gasteiger partial charge in [0, 0.05) is 19.7 Å². The van der Waals surface area contributed by atoms with Gasteiger partial charge in [0.1, 0.15) is 0 Å². The van der Waals surface area contributed by atoms with Crippen molar-refractivity contribution in [3.05, 3.63) is 0 Å². The van der Waals surface area contributed by atoms with Crippen LogP contribution in [0, 0.1) is 5.41 Å². The van der Waals surface area contributed by atoms with Crippen LogP contribution in [0.1, 0.15) is 20.8 Å². The lowest BCUT2D eigenvalue weighted by Crippen LogP contribution is -2.48. The van der Waals surface area contributed by atoms with E-state index >= 15 is 0 Å². The number of nitrogens with one attached hydrogen (secondary N) is 2. The maximum Gasteiger partial charge on any atom is 0.224 e. The molecule has 0 radical (unpaired) electrons. The Hall–Kier alpha value is -0.880. The summed E-state index contributed by atoms with van der Waals surface area (Å²) in [7, 11) is 1.63. The molecular formula is C10H21N3O2S. The Labute approximate surface area is 102 Å². The van der Waals surface area contributed by atoms with Crippen molar-refractivity contribution in [2.75, 3.05) is 20.3 Å². The number of primary amides is 1. The Kier molecular flexibility index (Phi) is 6.28. The summed E-state index contributed by atoms with van der Waals surface area (Å²) in [5, 5.41) is 6.49. The van der Waals surface area contributed by atoms with E-state index in [1.54, 1.807) is 21.0 Å². The first-order chi connectivity index (χ1) is 7.29. The zero-order chi connectivity index (χ0) is 12.8. The molecule has 0 aromatic carbocycles. The number of hydrogen-bond acceptors (Lipinski definition) is 3. The fraction of sp³-hybridized carbons (Fsp3) is 0.800. The van der Waals surface area contributed by atoms with E-state index in [0.29, 0.717) is 18.3 Å². The van der Waals surface area contributed by atoms with Crippen molar-refractivity contribution in [1.29, 1.82) is 0 Å². The zero-order valence-corrected chi connectivity index (χ0v) is 11.1. The molecule has 5 nitrogen and oxygen atoms in total. The van der Waals surface area contributed by atoms with Crippen LogP contribution in [-0.4, -0.2) is 37.3 Å². The zero-order valence-electron chi connectivity index (χ0n) is 10.3. The standard InChI is InChI=1S/C10H21N3O2S/c1-7(5-15-4)13-9(16)12-6-10(2,3)8(11)14/h7H,5-6H2,1-4H3,(H2,11,14)(H2,12,13,16). The molecule has 0 aliphatic rings. The number of carbonyl (C=O) groups excluding carboxylic acids is 1. The Morgan fingerprint density at radius 2 is 2.12 bits per heavy atom. The van der Waals surface area contributed by atoms with E-state index in [1.165, 1.54) is 0 Å². The predicted octanol–water partition coefficient (Wildman–Crippen LogP) is -0.00310. The minimum absolute atomic E-state index is 0.127. The fourth-order valence-electron chi connectivity index (χ4n) is 0.955. The molecule has 0 rings (SSSR count). The average molecular weight is 247 g/mol. The summed E-state index contributed by atoms with van der Waals surface area (Å²) in [6, 6.07) is 0.127. The normalized spacial score (nSPS) is 13.0. The monoisotopic (exact) mass is 247 g/mol. The summed E-state index contributed by atoms with van der Waals surface area (Å²) >= 11 is 5.07. The van der Waals surface area contributed by atoms with Crippen LogP contribution in [-0.2, 0) is 9.53 Å². The van der Waals surface area contributed by atoms with Crippen molar-refractivity contribution < 1.29 is 9.53 Å². The number of hydrogen-bond donors (Lipinski definition) is 3. The largest absolute Gasteiger partial charge is 0.383 e. The third kappa shape index (κ3) is 5.87. The van der Waals surface area contributed by atoms with Gasteiger partial charge in [0.25, 0.3) is 0 Å². The van der Waals surface area contributed by atoms with Crippen LogP contribution in [0.25, 0.3) is 0 Å². The molecule has 94 valence electrons. The first kappa shape index (κ1) is 15.1. The van der Waals surface area contributed by atoms with Crippen LogP contribution in [0.2, 0.25) is 0 Å². The maximum absolute atomic E-state index is 11.1. The maximum atomic E-state index is 11.1. The molecule has 0 saturated carbocycles. The van der Waals surface area contributed by atoms with Crippen molar-refractivity contribution >= 4 is 23.2 Å². The van der Waals surface area contributed by atoms with Gasteiger partial charge in [-0.2, -0.15) is 0 Å². The Morgan fingerprint density at radius 3 is 2.56 bits per heavy atom. The fourth-order valence-corrected chi connectivity index (χ4v) is 1.23. The molecule has 1 amide bonds. The van der Waals surface area contributed by atoms with Gasteiger partial charge >= 0.3 is 0 Å². The number of nitrogens with two attached hydrogens (primary N) is 1. The molecule has 0 aliphatic heterocycles.